The molecule has 0 aliphatic carbocycles. The van der Waals surface area contributed by atoms with E-state index in [2.05, 4.69) is 17.6 Å². The van der Waals surface area contributed by atoms with Crippen LogP contribution in [0.1, 0.15) is 30.0 Å². The number of anilines is 1. The van der Waals surface area contributed by atoms with Gasteiger partial charge in [-0.05, 0) is 51.2 Å². The Morgan fingerprint density at radius 2 is 1.89 bits per heavy atom. The van der Waals surface area contributed by atoms with Gasteiger partial charge in [-0.1, -0.05) is 18.2 Å². The molecular weight excluding hydrogens is 256 g/mol. The quantitative estimate of drug-likeness (QED) is 0.831. The van der Waals surface area contributed by atoms with E-state index >= 15 is 0 Å². The zero-order valence-electron chi connectivity index (χ0n) is 11.4. The van der Waals surface area contributed by atoms with Crippen molar-refractivity contribution in [1.29, 1.82) is 0 Å². The molecular formula is C15H18N2OS. The zero-order chi connectivity index (χ0) is 13.8. The van der Waals surface area contributed by atoms with Gasteiger partial charge in [0.15, 0.2) is 5.11 Å². The molecule has 1 unspecified atom stereocenters. The number of hydrogen-bond acceptors (Lipinski definition) is 2. The summed E-state index contributed by atoms with van der Waals surface area (Å²) in [6.07, 6.45) is 0. The fourth-order valence-corrected chi connectivity index (χ4v) is 2.34. The molecule has 1 aromatic heterocycles. The Balaban J connectivity index is 1.97. The van der Waals surface area contributed by atoms with E-state index in [0.717, 1.165) is 22.8 Å². The second kappa shape index (κ2) is 5.89. The third kappa shape index (κ3) is 3.58. The minimum Gasteiger partial charge on any atom is -0.466 e. The predicted molar refractivity (Wildman–Crippen MR) is 82.4 cm³/mol. The van der Waals surface area contributed by atoms with Gasteiger partial charge in [0, 0.05) is 11.3 Å². The second-order valence-electron chi connectivity index (χ2n) is 4.55. The summed E-state index contributed by atoms with van der Waals surface area (Å²) in [6, 6.07) is 12.0. The van der Waals surface area contributed by atoms with Gasteiger partial charge < -0.3 is 15.1 Å². The SMILES string of the molecule is Cc1cc(C(C)NC(=S)Nc2ccccc2)c(C)o1. The van der Waals surface area contributed by atoms with Gasteiger partial charge in [-0.25, -0.2) is 0 Å². The Morgan fingerprint density at radius 3 is 2.47 bits per heavy atom. The lowest BCUT2D eigenvalue weighted by Crippen LogP contribution is -2.30. The molecule has 2 N–H and O–H groups in total. The number of para-hydroxylation sites is 1. The summed E-state index contributed by atoms with van der Waals surface area (Å²) < 4.78 is 5.53. The van der Waals surface area contributed by atoms with E-state index in [9.17, 15) is 0 Å². The Hall–Kier alpha value is -1.81. The van der Waals surface area contributed by atoms with Gasteiger partial charge in [0.1, 0.15) is 11.5 Å². The van der Waals surface area contributed by atoms with E-state index in [-0.39, 0.29) is 6.04 Å². The summed E-state index contributed by atoms with van der Waals surface area (Å²) in [6.45, 7) is 5.98. The Morgan fingerprint density at radius 1 is 1.21 bits per heavy atom. The molecule has 19 heavy (non-hydrogen) atoms. The maximum absolute atomic E-state index is 5.53. The highest BCUT2D eigenvalue weighted by Gasteiger charge is 2.13. The lowest BCUT2D eigenvalue weighted by Gasteiger charge is -2.16. The summed E-state index contributed by atoms with van der Waals surface area (Å²) in [7, 11) is 0. The molecule has 0 aliphatic rings. The molecule has 1 atom stereocenters. The molecule has 0 aliphatic heterocycles. The monoisotopic (exact) mass is 274 g/mol. The van der Waals surface area contributed by atoms with Gasteiger partial charge in [-0.3, -0.25) is 0 Å². The molecule has 0 saturated heterocycles. The fraction of sp³-hybridized carbons (Fsp3) is 0.267. The van der Waals surface area contributed by atoms with Gasteiger partial charge in [-0.2, -0.15) is 0 Å². The van der Waals surface area contributed by atoms with E-state index in [1.54, 1.807) is 0 Å². The molecule has 100 valence electrons. The summed E-state index contributed by atoms with van der Waals surface area (Å²) in [4.78, 5) is 0. The van der Waals surface area contributed by atoms with Crippen LogP contribution in [-0.2, 0) is 0 Å². The molecule has 0 bridgehead atoms. The highest BCUT2D eigenvalue weighted by atomic mass is 32.1. The Kier molecular flexibility index (Phi) is 4.22. The number of hydrogen-bond donors (Lipinski definition) is 2. The molecule has 2 rings (SSSR count). The van der Waals surface area contributed by atoms with Crippen molar-refractivity contribution in [3.8, 4) is 0 Å². The van der Waals surface area contributed by atoms with Crippen molar-refractivity contribution in [2.45, 2.75) is 26.8 Å². The van der Waals surface area contributed by atoms with Crippen molar-refractivity contribution in [2.24, 2.45) is 0 Å². The van der Waals surface area contributed by atoms with Crippen molar-refractivity contribution in [1.82, 2.24) is 5.32 Å². The molecule has 0 amide bonds. The van der Waals surface area contributed by atoms with Gasteiger partial charge in [0.2, 0.25) is 0 Å². The molecule has 0 radical (unpaired) electrons. The van der Waals surface area contributed by atoms with Crippen LogP contribution in [0.5, 0.6) is 0 Å². The second-order valence-corrected chi connectivity index (χ2v) is 4.96. The number of furan rings is 1. The van der Waals surface area contributed by atoms with Crippen LogP contribution in [0.2, 0.25) is 0 Å². The lowest BCUT2D eigenvalue weighted by molar-refractivity contribution is 0.497. The van der Waals surface area contributed by atoms with Crippen LogP contribution in [0.25, 0.3) is 0 Å². The van der Waals surface area contributed by atoms with Crippen molar-refractivity contribution >= 4 is 23.0 Å². The predicted octanol–water partition coefficient (Wildman–Crippen LogP) is 3.94. The summed E-state index contributed by atoms with van der Waals surface area (Å²) in [5.74, 6) is 1.85. The van der Waals surface area contributed by atoms with Crippen LogP contribution >= 0.6 is 12.2 Å². The van der Waals surface area contributed by atoms with Crippen molar-refractivity contribution < 1.29 is 4.42 Å². The maximum atomic E-state index is 5.53. The Labute approximate surface area is 119 Å². The summed E-state index contributed by atoms with van der Waals surface area (Å²) in [5, 5.41) is 7.03. The first kappa shape index (κ1) is 13.6. The summed E-state index contributed by atoms with van der Waals surface area (Å²) >= 11 is 5.31. The zero-order valence-corrected chi connectivity index (χ0v) is 12.2. The van der Waals surface area contributed by atoms with Crippen molar-refractivity contribution in [3.05, 3.63) is 53.5 Å². The van der Waals surface area contributed by atoms with Gasteiger partial charge in [0.05, 0.1) is 6.04 Å². The topological polar surface area (TPSA) is 37.2 Å². The molecule has 3 nitrogen and oxygen atoms in total. The number of benzene rings is 1. The third-order valence-electron chi connectivity index (χ3n) is 2.93. The van der Waals surface area contributed by atoms with Gasteiger partial charge in [0.25, 0.3) is 0 Å². The van der Waals surface area contributed by atoms with E-state index in [1.165, 1.54) is 0 Å². The summed E-state index contributed by atoms with van der Waals surface area (Å²) in [5.41, 5.74) is 2.11. The lowest BCUT2D eigenvalue weighted by atomic mass is 10.1. The number of thiocarbonyl (C=S) groups is 1. The third-order valence-corrected chi connectivity index (χ3v) is 3.15. The largest absolute Gasteiger partial charge is 0.466 e. The number of nitrogens with one attached hydrogen (secondary N) is 2. The molecule has 0 spiro atoms. The van der Waals surface area contributed by atoms with Crippen molar-refractivity contribution in [3.63, 3.8) is 0 Å². The minimum absolute atomic E-state index is 0.112. The van der Waals surface area contributed by atoms with E-state index in [1.807, 2.05) is 50.2 Å². The minimum atomic E-state index is 0.112. The first-order valence-corrected chi connectivity index (χ1v) is 6.66. The van der Waals surface area contributed by atoms with E-state index in [4.69, 9.17) is 16.6 Å². The van der Waals surface area contributed by atoms with E-state index < -0.39 is 0 Å². The highest BCUT2D eigenvalue weighted by molar-refractivity contribution is 7.80. The normalized spacial score (nSPS) is 11.9. The molecule has 1 aromatic carbocycles. The van der Waals surface area contributed by atoms with Crippen LogP contribution in [0.3, 0.4) is 0 Å². The molecule has 4 heteroatoms. The molecule has 2 aromatic rings. The Bertz CT molecular complexity index is 563. The van der Waals surface area contributed by atoms with Crippen molar-refractivity contribution in [2.75, 3.05) is 5.32 Å². The van der Waals surface area contributed by atoms with Crippen LogP contribution in [0.15, 0.2) is 40.8 Å². The first-order chi connectivity index (χ1) is 9.06. The standard InChI is InChI=1S/C15H18N2OS/c1-10-9-14(12(3)18-10)11(2)16-15(19)17-13-7-5-4-6-8-13/h4-9,11H,1-3H3,(H2,16,17,19). The van der Waals surface area contributed by atoms with Gasteiger partial charge in [-0.15, -0.1) is 0 Å². The van der Waals surface area contributed by atoms with Crippen LogP contribution in [-0.4, -0.2) is 5.11 Å². The van der Waals surface area contributed by atoms with Crippen LogP contribution in [0.4, 0.5) is 5.69 Å². The highest BCUT2D eigenvalue weighted by Crippen LogP contribution is 2.21. The smallest absolute Gasteiger partial charge is 0.171 e. The van der Waals surface area contributed by atoms with Crippen LogP contribution in [0, 0.1) is 13.8 Å². The average Bonchev–Trinajstić information content (AvgIpc) is 2.69. The number of rotatable bonds is 3. The molecule has 0 fully saturated rings. The van der Waals surface area contributed by atoms with E-state index in [0.29, 0.717) is 5.11 Å². The van der Waals surface area contributed by atoms with Crippen LogP contribution < -0.4 is 10.6 Å². The number of aryl methyl sites for hydroxylation is 2. The fourth-order valence-electron chi connectivity index (χ4n) is 2.04. The first-order valence-electron chi connectivity index (χ1n) is 6.26. The van der Waals surface area contributed by atoms with Gasteiger partial charge >= 0.3 is 0 Å². The maximum Gasteiger partial charge on any atom is 0.171 e. The molecule has 1 heterocycles. The average molecular weight is 274 g/mol. The molecule has 0 saturated carbocycles.